The first-order chi connectivity index (χ1) is 7.75. The lowest BCUT2D eigenvalue weighted by Crippen LogP contribution is -1.95. The number of H-pyrrole nitrogens is 1. The number of aromatic amines is 1. The molecule has 4 heteroatoms. The van der Waals surface area contributed by atoms with Gasteiger partial charge in [-0.1, -0.05) is 12.1 Å². The highest BCUT2D eigenvalue weighted by Crippen LogP contribution is 2.36. The van der Waals surface area contributed by atoms with Crippen LogP contribution in [0.15, 0.2) is 29.3 Å². The van der Waals surface area contributed by atoms with Crippen LogP contribution in [0.5, 0.6) is 11.6 Å². The number of aromatic nitrogens is 2. The van der Waals surface area contributed by atoms with Crippen LogP contribution in [0.2, 0.25) is 0 Å². The van der Waals surface area contributed by atoms with Crippen LogP contribution < -0.4 is 4.74 Å². The van der Waals surface area contributed by atoms with Gasteiger partial charge >= 0.3 is 0 Å². The van der Waals surface area contributed by atoms with Crippen molar-refractivity contribution >= 4 is 11.4 Å². The number of rotatable bonds is 0. The third-order valence-corrected chi connectivity index (χ3v) is 2.64. The van der Waals surface area contributed by atoms with Crippen molar-refractivity contribution in [2.75, 3.05) is 0 Å². The lowest BCUT2D eigenvalue weighted by Gasteiger charge is -2.02. The average molecular weight is 213 g/mol. The van der Waals surface area contributed by atoms with E-state index >= 15 is 0 Å². The molecule has 0 bridgehead atoms. The Labute approximate surface area is 93.0 Å². The second kappa shape index (κ2) is 3.20. The number of hydrogen-bond donors (Lipinski definition) is 1. The zero-order chi connectivity index (χ0) is 11.1. The molecule has 2 heterocycles. The third-order valence-electron chi connectivity index (χ3n) is 2.64. The minimum absolute atomic E-state index is 0.601. The number of benzene rings is 1. The van der Waals surface area contributed by atoms with Crippen molar-refractivity contribution in [1.82, 2.24) is 10.2 Å². The molecule has 2 aromatic rings. The fraction of sp³-hybridized carbons (Fsp3) is 0.167. The van der Waals surface area contributed by atoms with E-state index in [0.29, 0.717) is 5.88 Å². The van der Waals surface area contributed by atoms with Crippen molar-refractivity contribution in [3.8, 4) is 11.6 Å². The molecule has 1 aliphatic rings. The van der Waals surface area contributed by atoms with Crippen LogP contribution >= 0.6 is 0 Å². The third kappa shape index (κ3) is 1.23. The molecule has 0 saturated carbocycles. The lowest BCUT2D eigenvalue weighted by molar-refractivity contribution is 0.463. The van der Waals surface area contributed by atoms with Crippen molar-refractivity contribution in [2.45, 2.75) is 13.8 Å². The van der Waals surface area contributed by atoms with E-state index in [2.05, 4.69) is 15.2 Å². The van der Waals surface area contributed by atoms with Crippen LogP contribution in [0, 0.1) is 6.92 Å². The summed E-state index contributed by atoms with van der Waals surface area (Å²) in [5.41, 5.74) is 3.70. The second-order valence-corrected chi connectivity index (χ2v) is 3.80. The van der Waals surface area contributed by atoms with Crippen LogP contribution in [0.4, 0.5) is 5.69 Å². The summed E-state index contributed by atoms with van der Waals surface area (Å²) >= 11 is 0. The zero-order valence-corrected chi connectivity index (χ0v) is 9.11. The fourth-order valence-electron chi connectivity index (χ4n) is 1.88. The summed E-state index contributed by atoms with van der Waals surface area (Å²) in [6.45, 7) is 3.93. The largest absolute Gasteiger partial charge is 0.435 e. The van der Waals surface area contributed by atoms with Gasteiger partial charge in [0.25, 0.3) is 0 Å². The first kappa shape index (κ1) is 9.15. The van der Waals surface area contributed by atoms with E-state index in [-0.39, 0.29) is 0 Å². The number of hydrogen-bond acceptors (Lipinski definition) is 3. The fourth-order valence-corrected chi connectivity index (χ4v) is 1.88. The van der Waals surface area contributed by atoms with E-state index in [9.17, 15) is 0 Å². The maximum Gasteiger partial charge on any atom is 0.247 e. The van der Waals surface area contributed by atoms with E-state index in [1.165, 1.54) is 0 Å². The minimum Gasteiger partial charge on any atom is -0.435 e. The first-order valence-corrected chi connectivity index (χ1v) is 5.13. The molecule has 4 nitrogen and oxygen atoms in total. The number of aryl methyl sites for hydroxylation is 1. The molecule has 80 valence electrons. The predicted octanol–water partition coefficient (Wildman–Crippen LogP) is 2.96. The van der Waals surface area contributed by atoms with Gasteiger partial charge in [0.2, 0.25) is 5.88 Å². The van der Waals surface area contributed by atoms with E-state index < -0.39 is 0 Å². The van der Waals surface area contributed by atoms with Gasteiger partial charge in [-0.15, -0.1) is 5.10 Å². The monoisotopic (exact) mass is 213 g/mol. The van der Waals surface area contributed by atoms with Gasteiger partial charge in [0.05, 0.1) is 11.3 Å². The smallest absolute Gasteiger partial charge is 0.247 e. The van der Waals surface area contributed by atoms with Crippen LogP contribution in [-0.4, -0.2) is 15.9 Å². The summed E-state index contributed by atoms with van der Waals surface area (Å²) in [6.07, 6.45) is 0. The number of aliphatic imine (C=N–C) groups is 1. The number of para-hydroxylation sites is 2. The molecule has 0 amide bonds. The molecule has 0 unspecified atom stereocenters. The molecule has 0 spiro atoms. The summed E-state index contributed by atoms with van der Waals surface area (Å²) in [6, 6.07) is 7.70. The van der Waals surface area contributed by atoms with Crippen LogP contribution in [0.3, 0.4) is 0 Å². The molecule has 16 heavy (non-hydrogen) atoms. The Bertz CT molecular complexity index is 584. The molecule has 3 rings (SSSR count). The summed E-state index contributed by atoms with van der Waals surface area (Å²) in [7, 11) is 0. The van der Waals surface area contributed by atoms with Gasteiger partial charge in [-0.2, -0.15) is 0 Å². The molecule has 0 saturated heterocycles. The predicted molar refractivity (Wildman–Crippen MR) is 61.7 cm³/mol. The van der Waals surface area contributed by atoms with Crippen molar-refractivity contribution in [3.05, 3.63) is 35.5 Å². The highest BCUT2D eigenvalue weighted by molar-refractivity contribution is 6.04. The Kier molecular flexibility index (Phi) is 1.83. The Hall–Kier alpha value is -2.10. The highest BCUT2D eigenvalue weighted by atomic mass is 16.5. The van der Waals surface area contributed by atoms with E-state index in [1.807, 2.05) is 38.1 Å². The summed E-state index contributed by atoms with van der Waals surface area (Å²) in [4.78, 5) is 4.55. The topological polar surface area (TPSA) is 50.3 Å². The van der Waals surface area contributed by atoms with Gasteiger partial charge in [-0.25, -0.2) is 4.99 Å². The molecule has 0 aliphatic carbocycles. The summed E-state index contributed by atoms with van der Waals surface area (Å²) in [5, 5.41) is 7.05. The van der Waals surface area contributed by atoms with Crippen molar-refractivity contribution in [1.29, 1.82) is 0 Å². The van der Waals surface area contributed by atoms with Gasteiger partial charge in [0.1, 0.15) is 5.69 Å². The Balaban J connectivity index is 2.26. The van der Waals surface area contributed by atoms with E-state index in [1.54, 1.807) is 0 Å². The van der Waals surface area contributed by atoms with Crippen molar-refractivity contribution in [3.63, 3.8) is 0 Å². The molecule has 1 aliphatic heterocycles. The van der Waals surface area contributed by atoms with Crippen molar-refractivity contribution in [2.24, 2.45) is 4.99 Å². The van der Waals surface area contributed by atoms with Crippen LogP contribution in [0.1, 0.15) is 18.2 Å². The SMILES string of the molecule is CC1=Nc2ccccc2Oc2n[nH]c(C)c21. The van der Waals surface area contributed by atoms with Crippen molar-refractivity contribution < 1.29 is 4.74 Å². The Morgan fingerprint density at radius 3 is 2.88 bits per heavy atom. The molecule has 0 radical (unpaired) electrons. The van der Waals surface area contributed by atoms with Crippen LogP contribution in [0.25, 0.3) is 0 Å². The molecule has 1 aromatic carbocycles. The van der Waals surface area contributed by atoms with Gasteiger partial charge in [-0.05, 0) is 26.0 Å². The summed E-state index contributed by atoms with van der Waals surface area (Å²) in [5.74, 6) is 1.34. The van der Waals surface area contributed by atoms with E-state index in [4.69, 9.17) is 4.74 Å². The molecule has 0 atom stereocenters. The number of fused-ring (bicyclic) bond motifs is 2. The molecular weight excluding hydrogens is 202 g/mol. The quantitative estimate of drug-likeness (QED) is 0.731. The minimum atomic E-state index is 0.601. The maximum atomic E-state index is 5.74. The lowest BCUT2D eigenvalue weighted by atomic mass is 10.2. The average Bonchev–Trinajstić information content (AvgIpc) is 2.56. The standard InChI is InChI=1S/C12H11N3O/c1-7-11-8(2)14-15-12(11)16-10-6-4-3-5-9(10)13-7/h3-6H,1-2H3,(H,14,15). The number of ether oxygens (including phenoxy) is 1. The number of nitrogens with one attached hydrogen (secondary N) is 1. The second-order valence-electron chi connectivity index (χ2n) is 3.80. The van der Waals surface area contributed by atoms with Gasteiger partial charge in [0.15, 0.2) is 5.75 Å². The van der Waals surface area contributed by atoms with Gasteiger partial charge in [0, 0.05) is 5.69 Å². The highest BCUT2D eigenvalue weighted by Gasteiger charge is 2.19. The molecule has 1 aromatic heterocycles. The zero-order valence-electron chi connectivity index (χ0n) is 9.11. The Morgan fingerprint density at radius 2 is 2.00 bits per heavy atom. The molecular formula is C12H11N3O. The maximum absolute atomic E-state index is 5.74. The van der Waals surface area contributed by atoms with E-state index in [0.717, 1.165) is 28.4 Å². The van der Waals surface area contributed by atoms with Crippen LogP contribution in [-0.2, 0) is 0 Å². The molecule has 1 N–H and O–H groups in total. The number of nitrogens with zero attached hydrogens (tertiary/aromatic N) is 2. The summed E-state index contributed by atoms with van der Waals surface area (Å²) < 4.78 is 5.74. The Morgan fingerprint density at radius 1 is 1.19 bits per heavy atom. The van der Waals surface area contributed by atoms with Gasteiger partial charge in [-0.3, -0.25) is 5.10 Å². The van der Waals surface area contributed by atoms with Gasteiger partial charge < -0.3 is 4.74 Å². The first-order valence-electron chi connectivity index (χ1n) is 5.13. The normalized spacial score (nSPS) is 13.2. The molecule has 0 fully saturated rings.